The maximum absolute atomic E-state index is 11.4. The molecular weight excluding hydrogens is 196 g/mol. The van der Waals surface area contributed by atoms with Crippen molar-refractivity contribution in [2.75, 3.05) is 0 Å². The zero-order valence-electron chi connectivity index (χ0n) is 9.99. The van der Waals surface area contributed by atoms with Crippen LogP contribution in [0, 0.1) is 0 Å². The van der Waals surface area contributed by atoms with Crippen molar-refractivity contribution < 1.29 is 4.79 Å². The molecule has 0 atom stereocenters. The minimum atomic E-state index is 0.254. The molecule has 0 aromatic heterocycles. The van der Waals surface area contributed by atoms with Crippen LogP contribution in [0.25, 0.3) is 0 Å². The Morgan fingerprint density at radius 2 is 2.00 bits per heavy atom. The van der Waals surface area contributed by atoms with Crippen LogP contribution >= 0.6 is 0 Å². The number of benzene rings is 1. The highest BCUT2D eigenvalue weighted by Gasteiger charge is 1.97. The summed E-state index contributed by atoms with van der Waals surface area (Å²) in [6.07, 6.45) is 8.42. The third kappa shape index (κ3) is 5.50. The third-order valence-corrected chi connectivity index (χ3v) is 2.49. The van der Waals surface area contributed by atoms with E-state index >= 15 is 0 Å². The monoisotopic (exact) mass is 216 g/mol. The van der Waals surface area contributed by atoms with Crippen molar-refractivity contribution in [3.8, 4) is 0 Å². The minimum absolute atomic E-state index is 0.254. The van der Waals surface area contributed by atoms with Crippen LogP contribution in [0.2, 0.25) is 0 Å². The Morgan fingerprint density at radius 3 is 2.69 bits per heavy atom. The molecule has 0 radical (unpaired) electrons. The summed E-state index contributed by atoms with van der Waals surface area (Å²) in [5, 5.41) is 0. The molecule has 0 N–H and O–H groups in total. The van der Waals surface area contributed by atoms with E-state index in [9.17, 15) is 4.79 Å². The molecule has 0 saturated heterocycles. The Morgan fingerprint density at radius 1 is 1.25 bits per heavy atom. The fourth-order valence-electron chi connectivity index (χ4n) is 1.58. The first-order chi connectivity index (χ1) is 7.83. The van der Waals surface area contributed by atoms with Gasteiger partial charge in [0.15, 0.2) is 5.78 Å². The predicted octanol–water partition coefficient (Wildman–Crippen LogP) is 3.93. The average molecular weight is 216 g/mol. The van der Waals surface area contributed by atoms with Gasteiger partial charge < -0.3 is 0 Å². The number of ketones is 1. The van der Waals surface area contributed by atoms with E-state index in [1.807, 2.05) is 24.3 Å². The van der Waals surface area contributed by atoms with Crippen molar-refractivity contribution in [2.45, 2.75) is 39.0 Å². The first-order valence-electron chi connectivity index (χ1n) is 6.06. The molecular formula is C15H20O. The molecule has 0 amide bonds. The zero-order valence-corrected chi connectivity index (χ0v) is 9.99. The summed E-state index contributed by atoms with van der Waals surface area (Å²) in [6.45, 7) is 2.12. The molecule has 0 bridgehead atoms. The Balaban J connectivity index is 2.18. The zero-order chi connectivity index (χ0) is 11.6. The molecule has 0 aliphatic heterocycles. The lowest BCUT2D eigenvalue weighted by Gasteiger charge is -1.98. The lowest BCUT2D eigenvalue weighted by atomic mass is 10.1. The van der Waals surface area contributed by atoms with Gasteiger partial charge in [-0.25, -0.2) is 0 Å². The van der Waals surface area contributed by atoms with E-state index in [0.717, 1.165) is 25.7 Å². The van der Waals surface area contributed by atoms with Gasteiger partial charge in [0.2, 0.25) is 0 Å². The molecule has 1 rings (SSSR count). The van der Waals surface area contributed by atoms with E-state index in [-0.39, 0.29) is 5.78 Å². The maximum atomic E-state index is 11.4. The highest BCUT2D eigenvalue weighted by atomic mass is 16.1. The van der Waals surface area contributed by atoms with Crippen LogP contribution in [0.4, 0.5) is 0 Å². The molecule has 1 aromatic carbocycles. The van der Waals surface area contributed by atoms with E-state index in [1.54, 1.807) is 6.08 Å². The Kier molecular flexibility index (Phi) is 6.24. The highest BCUT2D eigenvalue weighted by molar-refractivity contribution is 5.89. The van der Waals surface area contributed by atoms with Gasteiger partial charge in [0, 0.05) is 6.42 Å². The molecule has 0 aliphatic carbocycles. The van der Waals surface area contributed by atoms with Crippen LogP contribution in [-0.4, -0.2) is 5.78 Å². The fourth-order valence-corrected chi connectivity index (χ4v) is 1.58. The van der Waals surface area contributed by atoms with Gasteiger partial charge in [-0.1, -0.05) is 49.8 Å². The Bertz CT molecular complexity index is 325. The topological polar surface area (TPSA) is 17.1 Å². The number of hydrogen-bond donors (Lipinski definition) is 0. The SMILES string of the molecule is CCCC=CC(=O)CCCc1ccccc1. The predicted molar refractivity (Wildman–Crippen MR) is 68.4 cm³/mol. The first-order valence-corrected chi connectivity index (χ1v) is 6.06. The molecule has 0 aliphatic rings. The maximum Gasteiger partial charge on any atom is 0.155 e. The highest BCUT2D eigenvalue weighted by Crippen LogP contribution is 2.05. The lowest BCUT2D eigenvalue weighted by molar-refractivity contribution is -0.114. The summed E-state index contributed by atoms with van der Waals surface area (Å²) in [5.41, 5.74) is 1.31. The first kappa shape index (κ1) is 12.7. The van der Waals surface area contributed by atoms with Gasteiger partial charge >= 0.3 is 0 Å². The van der Waals surface area contributed by atoms with Crippen molar-refractivity contribution >= 4 is 5.78 Å². The van der Waals surface area contributed by atoms with Gasteiger partial charge in [-0.2, -0.15) is 0 Å². The molecule has 16 heavy (non-hydrogen) atoms. The molecule has 0 fully saturated rings. The molecule has 1 nitrogen and oxygen atoms in total. The number of carbonyl (C=O) groups excluding carboxylic acids is 1. The summed E-state index contributed by atoms with van der Waals surface area (Å²) >= 11 is 0. The van der Waals surface area contributed by atoms with Gasteiger partial charge in [-0.05, 0) is 30.9 Å². The van der Waals surface area contributed by atoms with Crippen LogP contribution in [0.1, 0.15) is 38.2 Å². The molecule has 1 aromatic rings. The number of aryl methyl sites for hydroxylation is 1. The van der Waals surface area contributed by atoms with Gasteiger partial charge in [-0.15, -0.1) is 0 Å². The van der Waals surface area contributed by atoms with Crippen molar-refractivity contribution in [3.05, 3.63) is 48.0 Å². The Labute approximate surface area is 98.2 Å². The number of allylic oxidation sites excluding steroid dienone is 2. The van der Waals surface area contributed by atoms with Crippen molar-refractivity contribution in [1.82, 2.24) is 0 Å². The molecule has 0 unspecified atom stereocenters. The Hall–Kier alpha value is -1.37. The van der Waals surface area contributed by atoms with E-state index in [0.29, 0.717) is 6.42 Å². The van der Waals surface area contributed by atoms with E-state index in [4.69, 9.17) is 0 Å². The summed E-state index contributed by atoms with van der Waals surface area (Å²) in [6, 6.07) is 10.3. The second-order valence-electron chi connectivity index (χ2n) is 4.00. The average Bonchev–Trinajstić information content (AvgIpc) is 2.31. The van der Waals surface area contributed by atoms with Crippen LogP contribution in [0.5, 0.6) is 0 Å². The largest absolute Gasteiger partial charge is 0.295 e. The van der Waals surface area contributed by atoms with Gasteiger partial charge in [0.05, 0.1) is 0 Å². The summed E-state index contributed by atoms with van der Waals surface area (Å²) < 4.78 is 0. The van der Waals surface area contributed by atoms with Crippen molar-refractivity contribution in [3.63, 3.8) is 0 Å². The third-order valence-electron chi connectivity index (χ3n) is 2.49. The number of rotatable bonds is 7. The summed E-state index contributed by atoms with van der Waals surface area (Å²) in [7, 11) is 0. The second kappa shape index (κ2) is 7.86. The number of unbranched alkanes of at least 4 members (excludes halogenated alkanes) is 1. The van der Waals surface area contributed by atoms with Gasteiger partial charge in [0.25, 0.3) is 0 Å². The quantitative estimate of drug-likeness (QED) is 0.631. The lowest BCUT2D eigenvalue weighted by Crippen LogP contribution is -1.94. The molecule has 1 heteroatoms. The number of carbonyl (C=O) groups is 1. The molecule has 0 heterocycles. The minimum Gasteiger partial charge on any atom is -0.295 e. The van der Waals surface area contributed by atoms with Crippen molar-refractivity contribution in [2.24, 2.45) is 0 Å². The van der Waals surface area contributed by atoms with Crippen LogP contribution < -0.4 is 0 Å². The van der Waals surface area contributed by atoms with E-state index < -0.39 is 0 Å². The van der Waals surface area contributed by atoms with E-state index in [1.165, 1.54) is 5.56 Å². The molecule has 0 saturated carbocycles. The smallest absolute Gasteiger partial charge is 0.155 e. The van der Waals surface area contributed by atoms with Crippen LogP contribution in [0.3, 0.4) is 0 Å². The normalized spacial score (nSPS) is 10.8. The van der Waals surface area contributed by atoms with E-state index in [2.05, 4.69) is 19.1 Å². The van der Waals surface area contributed by atoms with Gasteiger partial charge in [0.1, 0.15) is 0 Å². The molecule has 0 spiro atoms. The fraction of sp³-hybridized carbons (Fsp3) is 0.400. The summed E-state index contributed by atoms with van der Waals surface area (Å²) in [4.78, 5) is 11.4. The second-order valence-corrected chi connectivity index (χ2v) is 4.00. The number of hydrogen-bond acceptors (Lipinski definition) is 1. The van der Waals surface area contributed by atoms with Crippen molar-refractivity contribution in [1.29, 1.82) is 0 Å². The standard InChI is InChI=1S/C15H20O/c1-2-3-5-12-15(16)13-8-11-14-9-6-4-7-10-14/h4-7,9-10,12H,2-3,8,11,13H2,1H3. The summed E-state index contributed by atoms with van der Waals surface area (Å²) in [5.74, 6) is 0.254. The van der Waals surface area contributed by atoms with Crippen LogP contribution in [-0.2, 0) is 11.2 Å². The van der Waals surface area contributed by atoms with Crippen LogP contribution in [0.15, 0.2) is 42.5 Å². The van der Waals surface area contributed by atoms with Gasteiger partial charge in [-0.3, -0.25) is 4.79 Å². The molecule has 86 valence electrons.